The molecule has 0 saturated carbocycles. The standard InChI is InChI=1S/C24H33N3O4/c1-25-23(26-16-18-5-8-21(29-3)15-22(18)30-4)27-17-24(11-13-31-14-12-24)19-6-9-20(28-2)10-7-19/h5-10,15H,11-14,16-17H2,1-4H3,(H2,25,26,27). The first-order chi connectivity index (χ1) is 15.1. The minimum atomic E-state index is -0.0139. The van der Waals surface area contributed by atoms with Gasteiger partial charge in [0.15, 0.2) is 5.96 Å². The van der Waals surface area contributed by atoms with Crippen LogP contribution in [0, 0.1) is 0 Å². The van der Waals surface area contributed by atoms with Crippen molar-refractivity contribution >= 4 is 5.96 Å². The second-order valence-electron chi connectivity index (χ2n) is 7.58. The molecule has 1 fully saturated rings. The minimum Gasteiger partial charge on any atom is -0.497 e. The summed E-state index contributed by atoms with van der Waals surface area (Å²) in [7, 11) is 6.78. The van der Waals surface area contributed by atoms with Gasteiger partial charge >= 0.3 is 0 Å². The molecule has 1 heterocycles. The first kappa shape index (κ1) is 22.7. The summed E-state index contributed by atoms with van der Waals surface area (Å²) in [5, 5.41) is 6.92. The third-order valence-electron chi connectivity index (χ3n) is 5.91. The van der Waals surface area contributed by atoms with Crippen LogP contribution in [0.2, 0.25) is 0 Å². The molecule has 1 aliphatic heterocycles. The molecule has 31 heavy (non-hydrogen) atoms. The van der Waals surface area contributed by atoms with Gasteiger partial charge in [-0.15, -0.1) is 0 Å². The van der Waals surface area contributed by atoms with Crippen molar-refractivity contribution < 1.29 is 18.9 Å². The Bertz CT molecular complexity index is 862. The van der Waals surface area contributed by atoms with Crippen molar-refractivity contribution in [1.29, 1.82) is 0 Å². The zero-order chi connectivity index (χ0) is 22.1. The van der Waals surface area contributed by atoms with Crippen molar-refractivity contribution in [3.63, 3.8) is 0 Å². The number of nitrogens with one attached hydrogen (secondary N) is 2. The highest BCUT2D eigenvalue weighted by Crippen LogP contribution is 2.35. The van der Waals surface area contributed by atoms with Gasteiger partial charge in [-0.1, -0.05) is 12.1 Å². The molecular formula is C24H33N3O4. The van der Waals surface area contributed by atoms with Gasteiger partial charge < -0.3 is 29.6 Å². The van der Waals surface area contributed by atoms with E-state index in [-0.39, 0.29) is 5.41 Å². The van der Waals surface area contributed by atoms with Crippen LogP contribution in [0.15, 0.2) is 47.5 Å². The van der Waals surface area contributed by atoms with Crippen molar-refractivity contribution in [2.24, 2.45) is 4.99 Å². The molecule has 168 valence electrons. The molecule has 2 aromatic rings. The van der Waals surface area contributed by atoms with Crippen LogP contribution in [0.5, 0.6) is 17.2 Å². The third kappa shape index (κ3) is 5.61. The molecule has 1 saturated heterocycles. The zero-order valence-electron chi connectivity index (χ0n) is 18.9. The number of nitrogens with zero attached hydrogens (tertiary/aromatic N) is 1. The zero-order valence-corrected chi connectivity index (χ0v) is 18.9. The van der Waals surface area contributed by atoms with Gasteiger partial charge in [-0.25, -0.2) is 0 Å². The summed E-state index contributed by atoms with van der Waals surface area (Å²) in [5.74, 6) is 3.16. The molecule has 0 aliphatic carbocycles. The number of aliphatic imine (C=N–C) groups is 1. The Hall–Kier alpha value is -2.93. The van der Waals surface area contributed by atoms with Crippen LogP contribution in [0.1, 0.15) is 24.0 Å². The van der Waals surface area contributed by atoms with Crippen LogP contribution >= 0.6 is 0 Å². The maximum Gasteiger partial charge on any atom is 0.191 e. The molecule has 1 aliphatic rings. The van der Waals surface area contributed by atoms with Crippen LogP contribution in [-0.2, 0) is 16.7 Å². The van der Waals surface area contributed by atoms with E-state index < -0.39 is 0 Å². The average Bonchev–Trinajstić information content (AvgIpc) is 2.84. The summed E-state index contributed by atoms with van der Waals surface area (Å²) < 4.78 is 21.8. The van der Waals surface area contributed by atoms with Crippen LogP contribution < -0.4 is 24.8 Å². The topological polar surface area (TPSA) is 73.3 Å². The molecule has 0 bridgehead atoms. The molecule has 0 amide bonds. The van der Waals surface area contributed by atoms with Crippen LogP contribution in [-0.4, -0.2) is 54.1 Å². The van der Waals surface area contributed by atoms with Crippen molar-refractivity contribution in [3.05, 3.63) is 53.6 Å². The number of rotatable bonds is 8. The first-order valence-corrected chi connectivity index (χ1v) is 10.5. The van der Waals surface area contributed by atoms with Gasteiger partial charge in [0.2, 0.25) is 0 Å². The van der Waals surface area contributed by atoms with Crippen molar-refractivity contribution in [2.75, 3.05) is 48.1 Å². The molecule has 2 aromatic carbocycles. The highest BCUT2D eigenvalue weighted by molar-refractivity contribution is 5.79. The van der Waals surface area contributed by atoms with Crippen molar-refractivity contribution in [1.82, 2.24) is 10.6 Å². The summed E-state index contributed by atoms with van der Waals surface area (Å²) >= 11 is 0. The maximum absolute atomic E-state index is 5.65. The molecule has 7 nitrogen and oxygen atoms in total. The van der Waals surface area contributed by atoms with Crippen LogP contribution in [0.3, 0.4) is 0 Å². The van der Waals surface area contributed by atoms with E-state index in [1.165, 1.54) is 5.56 Å². The van der Waals surface area contributed by atoms with E-state index in [0.717, 1.165) is 61.4 Å². The quantitative estimate of drug-likeness (QED) is 0.498. The molecule has 0 radical (unpaired) electrons. The third-order valence-corrected chi connectivity index (χ3v) is 5.91. The normalized spacial score (nSPS) is 15.8. The average molecular weight is 428 g/mol. The Kier molecular flexibility index (Phi) is 8.00. The van der Waals surface area contributed by atoms with Crippen molar-refractivity contribution in [3.8, 4) is 17.2 Å². The lowest BCUT2D eigenvalue weighted by molar-refractivity contribution is 0.0513. The van der Waals surface area contributed by atoms with Gasteiger partial charge in [0.25, 0.3) is 0 Å². The molecule has 0 unspecified atom stereocenters. The molecule has 7 heteroatoms. The monoisotopic (exact) mass is 427 g/mol. The Balaban J connectivity index is 1.67. The van der Waals surface area contributed by atoms with Gasteiger partial charge in [0.05, 0.1) is 21.3 Å². The predicted octanol–water partition coefficient (Wildman–Crippen LogP) is 3.13. The number of hydrogen-bond acceptors (Lipinski definition) is 5. The van der Waals surface area contributed by atoms with Gasteiger partial charge in [0, 0.05) is 50.4 Å². The number of hydrogen-bond donors (Lipinski definition) is 2. The molecule has 3 rings (SSSR count). The van der Waals surface area contributed by atoms with Gasteiger partial charge in [-0.3, -0.25) is 4.99 Å². The molecular weight excluding hydrogens is 394 g/mol. The van der Waals surface area contributed by atoms with E-state index in [2.05, 4.69) is 27.8 Å². The predicted molar refractivity (Wildman–Crippen MR) is 122 cm³/mol. The van der Waals surface area contributed by atoms with E-state index in [1.807, 2.05) is 30.3 Å². The number of guanidine groups is 1. The van der Waals surface area contributed by atoms with Gasteiger partial charge in [0.1, 0.15) is 17.2 Å². The van der Waals surface area contributed by atoms with Crippen molar-refractivity contribution in [2.45, 2.75) is 24.8 Å². The summed E-state index contributed by atoms with van der Waals surface area (Å²) in [4.78, 5) is 4.41. The fourth-order valence-electron chi connectivity index (χ4n) is 3.92. The van der Waals surface area contributed by atoms with Crippen LogP contribution in [0.25, 0.3) is 0 Å². The second-order valence-corrected chi connectivity index (χ2v) is 7.58. The molecule has 0 spiro atoms. The lowest BCUT2D eigenvalue weighted by Gasteiger charge is -2.38. The Labute approximate surface area is 184 Å². The van der Waals surface area contributed by atoms with Crippen LogP contribution in [0.4, 0.5) is 0 Å². The molecule has 0 atom stereocenters. The highest BCUT2D eigenvalue weighted by Gasteiger charge is 2.34. The lowest BCUT2D eigenvalue weighted by Crippen LogP contribution is -2.47. The fourth-order valence-corrected chi connectivity index (χ4v) is 3.92. The minimum absolute atomic E-state index is 0.0139. The van der Waals surface area contributed by atoms with E-state index in [0.29, 0.717) is 6.54 Å². The van der Waals surface area contributed by atoms with Gasteiger partial charge in [-0.05, 0) is 42.7 Å². The fraction of sp³-hybridized carbons (Fsp3) is 0.458. The lowest BCUT2D eigenvalue weighted by atomic mass is 9.74. The molecule has 0 aromatic heterocycles. The van der Waals surface area contributed by atoms with E-state index in [1.54, 1.807) is 28.4 Å². The largest absolute Gasteiger partial charge is 0.497 e. The summed E-state index contributed by atoms with van der Waals surface area (Å²) in [5.41, 5.74) is 2.30. The maximum atomic E-state index is 5.65. The smallest absolute Gasteiger partial charge is 0.191 e. The SMILES string of the molecule is CN=C(NCc1ccc(OC)cc1OC)NCC1(c2ccc(OC)cc2)CCOCC1. The summed E-state index contributed by atoms with van der Waals surface area (Å²) in [6, 6.07) is 14.2. The Morgan fingerprint density at radius 1 is 0.935 bits per heavy atom. The second kappa shape index (κ2) is 10.9. The number of methoxy groups -OCH3 is 3. The molecule has 2 N–H and O–H groups in total. The van der Waals surface area contributed by atoms with E-state index in [4.69, 9.17) is 18.9 Å². The van der Waals surface area contributed by atoms with E-state index >= 15 is 0 Å². The number of ether oxygens (including phenoxy) is 4. The highest BCUT2D eigenvalue weighted by atomic mass is 16.5. The summed E-state index contributed by atoms with van der Waals surface area (Å²) in [6.07, 6.45) is 1.91. The summed E-state index contributed by atoms with van der Waals surface area (Å²) in [6.45, 7) is 2.86. The number of benzene rings is 2. The first-order valence-electron chi connectivity index (χ1n) is 10.5. The van der Waals surface area contributed by atoms with E-state index in [9.17, 15) is 0 Å². The van der Waals surface area contributed by atoms with Gasteiger partial charge in [-0.2, -0.15) is 0 Å². The Morgan fingerprint density at radius 2 is 1.61 bits per heavy atom. The Morgan fingerprint density at radius 3 is 2.23 bits per heavy atom.